The fourth-order valence-corrected chi connectivity index (χ4v) is 2.00. The van der Waals surface area contributed by atoms with Crippen molar-refractivity contribution in [3.05, 3.63) is 65.2 Å². The van der Waals surface area contributed by atoms with Gasteiger partial charge in [-0.15, -0.1) is 0 Å². The van der Waals surface area contributed by atoms with Crippen LogP contribution in [0.2, 0.25) is 5.02 Å². The van der Waals surface area contributed by atoms with E-state index < -0.39 is 0 Å². The van der Waals surface area contributed by atoms with Gasteiger partial charge in [0, 0.05) is 5.02 Å². The monoisotopic (exact) mass is 228 g/mol. The molecule has 0 fully saturated rings. The Balaban J connectivity index is 2.08. The van der Waals surface area contributed by atoms with Crippen LogP contribution in [-0.2, 0) is 0 Å². The summed E-state index contributed by atoms with van der Waals surface area (Å²) in [5.41, 5.74) is 2.72. The highest BCUT2D eigenvalue weighted by Gasteiger charge is 2.07. The Morgan fingerprint density at radius 3 is 2.19 bits per heavy atom. The molecule has 2 aromatic rings. The van der Waals surface area contributed by atoms with Crippen molar-refractivity contribution < 1.29 is 0 Å². The van der Waals surface area contributed by atoms with Crippen LogP contribution in [0.15, 0.2) is 54.6 Å². The molecule has 0 aliphatic heterocycles. The molecule has 0 amide bonds. The third-order valence-corrected chi connectivity index (χ3v) is 3.08. The first-order valence-corrected chi connectivity index (χ1v) is 5.93. The molecule has 0 radical (unpaired) electrons. The molecule has 0 saturated carbocycles. The van der Waals surface area contributed by atoms with Crippen molar-refractivity contribution in [3.8, 4) is 0 Å². The van der Waals surface area contributed by atoms with Crippen molar-refractivity contribution in [1.29, 1.82) is 0 Å². The van der Waals surface area contributed by atoms with Gasteiger partial charge >= 0.3 is 0 Å². The summed E-state index contributed by atoms with van der Waals surface area (Å²) in [7, 11) is 1.06. The average Bonchev–Trinajstić information content (AvgIpc) is 2.33. The lowest BCUT2D eigenvalue weighted by atomic mass is 9.58. The van der Waals surface area contributed by atoms with E-state index in [1.807, 2.05) is 12.1 Å². The molecule has 2 rings (SSSR count). The summed E-state index contributed by atoms with van der Waals surface area (Å²) in [6, 6.07) is 18.7. The van der Waals surface area contributed by atoms with Crippen molar-refractivity contribution >= 4 is 24.3 Å². The number of benzene rings is 2. The Morgan fingerprint density at radius 2 is 1.56 bits per heavy atom. The first-order valence-electron chi connectivity index (χ1n) is 5.55. The molecule has 80 valence electrons. The van der Waals surface area contributed by atoms with Crippen molar-refractivity contribution in [3.63, 3.8) is 0 Å². The van der Waals surface area contributed by atoms with E-state index in [9.17, 15) is 0 Å². The minimum atomic E-state index is 0.544. The summed E-state index contributed by atoms with van der Waals surface area (Å²) >= 11 is 5.87. The standard InChI is InChI=1S/C14H14BCl/c1-11(12-5-3-2-4-6-12)15-13-7-9-14(16)10-8-13/h2-11,15H,1H3. The smallest absolute Gasteiger partial charge is 0.0843 e. The average molecular weight is 229 g/mol. The minimum absolute atomic E-state index is 0.544. The first kappa shape index (κ1) is 11.3. The van der Waals surface area contributed by atoms with Crippen LogP contribution in [0, 0.1) is 0 Å². The SMILES string of the molecule is CC(Bc1ccc(Cl)cc1)c1ccccc1. The zero-order chi connectivity index (χ0) is 11.4. The molecule has 0 heterocycles. The van der Waals surface area contributed by atoms with Crippen molar-refractivity contribution in [2.75, 3.05) is 0 Å². The van der Waals surface area contributed by atoms with Gasteiger partial charge in [-0.2, -0.15) is 0 Å². The Bertz CT molecular complexity index is 436. The largest absolute Gasteiger partial charge is 0.165 e. The van der Waals surface area contributed by atoms with E-state index >= 15 is 0 Å². The van der Waals surface area contributed by atoms with Gasteiger partial charge in [-0.3, -0.25) is 0 Å². The van der Waals surface area contributed by atoms with Gasteiger partial charge in [-0.1, -0.05) is 72.0 Å². The van der Waals surface area contributed by atoms with E-state index in [0.717, 1.165) is 12.3 Å². The topological polar surface area (TPSA) is 0 Å². The summed E-state index contributed by atoms with van der Waals surface area (Å²) in [5.74, 6) is 0.544. The fraction of sp³-hybridized carbons (Fsp3) is 0.143. The zero-order valence-corrected chi connectivity index (χ0v) is 10.1. The molecule has 1 unspecified atom stereocenters. The van der Waals surface area contributed by atoms with Gasteiger partial charge in [0.1, 0.15) is 0 Å². The molecule has 0 spiro atoms. The van der Waals surface area contributed by atoms with Gasteiger partial charge in [0.05, 0.1) is 0 Å². The molecule has 1 atom stereocenters. The predicted molar refractivity (Wildman–Crippen MR) is 73.1 cm³/mol. The summed E-state index contributed by atoms with van der Waals surface area (Å²) in [4.78, 5) is 0. The summed E-state index contributed by atoms with van der Waals surface area (Å²) in [6.07, 6.45) is 0. The second-order valence-corrected chi connectivity index (χ2v) is 4.58. The number of hydrogen-bond donors (Lipinski definition) is 0. The van der Waals surface area contributed by atoms with Crippen LogP contribution < -0.4 is 5.46 Å². The molecule has 0 aliphatic carbocycles. The lowest BCUT2D eigenvalue weighted by molar-refractivity contribution is 1.07. The first-order chi connectivity index (χ1) is 7.75. The molecular weight excluding hydrogens is 214 g/mol. The maximum atomic E-state index is 5.87. The van der Waals surface area contributed by atoms with Crippen molar-refractivity contribution in [1.82, 2.24) is 0 Å². The maximum absolute atomic E-state index is 5.87. The fourth-order valence-electron chi connectivity index (χ4n) is 1.87. The Hall–Kier alpha value is -1.21. The van der Waals surface area contributed by atoms with Crippen LogP contribution >= 0.6 is 11.6 Å². The maximum Gasteiger partial charge on any atom is 0.165 e. The Labute approximate surface area is 103 Å². The van der Waals surface area contributed by atoms with Gasteiger partial charge in [0.25, 0.3) is 0 Å². The van der Waals surface area contributed by atoms with Gasteiger partial charge in [0.15, 0.2) is 7.28 Å². The molecular formula is C14H14BCl. The normalized spacial score (nSPS) is 12.1. The highest BCUT2D eigenvalue weighted by atomic mass is 35.5. The summed E-state index contributed by atoms with van der Waals surface area (Å²) in [6.45, 7) is 2.25. The molecule has 0 bridgehead atoms. The molecule has 0 saturated heterocycles. The van der Waals surface area contributed by atoms with E-state index in [2.05, 4.69) is 49.4 Å². The predicted octanol–water partition coefficient (Wildman–Crippen LogP) is 3.16. The second-order valence-electron chi connectivity index (χ2n) is 4.14. The highest BCUT2D eigenvalue weighted by Crippen LogP contribution is 2.13. The second kappa shape index (κ2) is 5.22. The third-order valence-electron chi connectivity index (χ3n) is 2.82. The van der Waals surface area contributed by atoms with E-state index in [-0.39, 0.29) is 0 Å². The lowest BCUT2D eigenvalue weighted by Crippen LogP contribution is -2.19. The van der Waals surface area contributed by atoms with Crippen LogP contribution in [0.25, 0.3) is 0 Å². The van der Waals surface area contributed by atoms with Gasteiger partial charge in [0.2, 0.25) is 0 Å². The van der Waals surface area contributed by atoms with E-state index in [1.54, 1.807) is 0 Å². The summed E-state index contributed by atoms with van der Waals surface area (Å²) < 4.78 is 0. The van der Waals surface area contributed by atoms with Gasteiger partial charge in [-0.25, -0.2) is 0 Å². The van der Waals surface area contributed by atoms with Gasteiger partial charge in [-0.05, 0) is 17.9 Å². The van der Waals surface area contributed by atoms with Gasteiger partial charge < -0.3 is 0 Å². The Morgan fingerprint density at radius 1 is 0.938 bits per heavy atom. The Kier molecular flexibility index (Phi) is 3.68. The molecule has 0 N–H and O–H groups in total. The number of rotatable bonds is 3. The van der Waals surface area contributed by atoms with E-state index in [1.165, 1.54) is 11.0 Å². The minimum Gasteiger partial charge on any atom is -0.0843 e. The van der Waals surface area contributed by atoms with Crippen LogP contribution in [0.1, 0.15) is 18.3 Å². The molecule has 2 heteroatoms. The molecule has 0 nitrogen and oxygen atoms in total. The molecule has 2 aromatic carbocycles. The third kappa shape index (κ3) is 2.90. The highest BCUT2D eigenvalue weighted by molar-refractivity contribution is 6.55. The van der Waals surface area contributed by atoms with Crippen LogP contribution in [0.3, 0.4) is 0 Å². The van der Waals surface area contributed by atoms with Crippen molar-refractivity contribution in [2.24, 2.45) is 0 Å². The quantitative estimate of drug-likeness (QED) is 0.708. The van der Waals surface area contributed by atoms with E-state index in [0.29, 0.717) is 5.82 Å². The van der Waals surface area contributed by atoms with E-state index in [4.69, 9.17) is 11.6 Å². The van der Waals surface area contributed by atoms with Crippen LogP contribution in [0.5, 0.6) is 0 Å². The van der Waals surface area contributed by atoms with Crippen LogP contribution in [-0.4, -0.2) is 7.28 Å². The lowest BCUT2D eigenvalue weighted by Gasteiger charge is -2.10. The molecule has 16 heavy (non-hydrogen) atoms. The zero-order valence-electron chi connectivity index (χ0n) is 9.36. The molecule has 0 aromatic heterocycles. The van der Waals surface area contributed by atoms with Crippen LogP contribution in [0.4, 0.5) is 0 Å². The number of hydrogen-bond acceptors (Lipinski definition) is 0. The number of halogens is 1. The molecule has 0 aliphatic rings. The van der Waals surface area contributed by atoms with Crippen molar-refractivity contribution in [2.45, 2.75) is 12.7 Å². The summed E-state index contributed by atoms with van der Waals surface area (Å²) in [5, 5.41) is 0.802.